The summed E-state index contributed by atoms with van der Waals surface area (Å²) >= 11 is 1.99. The molecule has 0 amide bonds. The average molecular weight is 228 g/mol. The first-order valence-electron chi connectivity index (χ1n) is 5.74. The zero-order chi connectivity index (χ0) is 11.7. The van der Waals surface area contributed by atoms with Crippen molar-refractivity contribution in [3.63, 3.8) is 0 Å². The number of thioether (sulfide) groups is 1. The van der Waals surface area contributed by atoms with Gasteiger partial charge in [-0.1, -0.05) is 6.92 Å². The molecule has 1 N–H and O–H groups in total. The summed E-state index contributed by atoms with van der Waals surface area (Å²) in [6, 6.07) is 2.89. The van der Waals surface area contributed by atoms with E-state index in [-0.39, 0.29) is 5.41 Å². The highest BCUT2D eigenvalue weighted by Gasteiger charge is 2.15. The SMILES string of the molecule is CCSCCC(C)NCCC(C)(C)C#N. The van der Waals surface area contributed by atoms with Crippen molar-refractivity contribution >= 4 is 11.8 Å². The van der Waals surface area contributed by atoms with Gasteiger partial charge in [0.05, 0.1) is 11.5 Å². The van der Waals surface area contributed by atoms with E-state index in [2.05, 4.69) is 25.2 Å². The Morgan fingerprint density at radius 3 is 2.67 bits per heavy atom. The van der Waals surface area contributed by atoms with Gasteiger partial charge in [-0.2, -0.15) is 17.0 Å². The molecule has 0 aromatic carbocycles. The zero-order valence-electron chi connectivity index (χ0n) is 10.5. The number of hydrogen-bond donors (Lipinski definition) is 1. The fourth-order valence-corrected chi connectivity index (χ4v) is 2.00. The van der Waals surface area contributed by atoms with E-state index >= 15 is 0 Å². The number of rotatable bonds is 8. The lowest BCUT2D eigenvalue weighted by molar-refractivity contribution is 0.411. The lowest BCUT2D eigenvalue weighted by Crippen LogP contribution is -2.30. The van der Waals surface area contributed by atoms with Crippen LogP contribution in [0.4, 0.5) is 0 Å². The Bertz CT molecular complexity index is 196. The Labute approximate surface area is 98.8 Å². The average Bonchev–Trinajstić information content (AvgIpc) is 2.18. The van der Waals surface area contributed by atoms with Gasteiger partial charge in [-0.05, 0) is 51.7 Å². The van der Waals surface area contributed by atoms with Crippen LogP contribution >= 0.6 is 11.8 Å². The normalized spacial score (nSPS) is 13.5. The molecular weight excluding hydrogens is 204 g/mol. The third-order valence-corrected chi connectivity index (χ3v) is 3.38. The van der Waals surface area contributed by atoms with E-state index in [0.717, 1.165) is 13.0 Å². The van der Waals surface area contributed by atoms with Crippen LogP contribution in [0.15, 0.2) is 0 Å². The van der Waals surface area contributed by atoms with Crippen LogP contribution < -0.4 is 5.32 Å². The second-order valence-electron chi connectivity index (χ2n) is 4.59. The molecule has 0 aliphatic heterocycles. The lowest BCUT2D eigenvalue weighted by atomic mass is 9.91. The predicted octanol–water partition coefficient (Wildman–Crippen LogP) is 3.05. The van der Waals surface area contributed by atoms with Crippen LogP contribution in [0.2, 0.25) is 0 Å². The molecule has 0 fully saturated rings. The second-order valence-corrected chi connectivity index (χ2v) is 5.98. The van der Waals surface area contributed by atoms with Crippen LogP contribution in [0, 0.1) is 16.7 Å². The summed E-state index contributed by atoms with van der Waals surface area (Å²) < 4.78 is 0. The minimum absolute atomic E-state index is 0.190. The van der Waals surface area contributed by atoms with E-state index in [1.807, 2.05) is 25.6 Å². The van der Waals surface area contributed by atoms with E-state index in [4.69, 9.17) is 5.26 Å². The molecule has 0 aromatic rings. The first-order chi connectivity index (χ1) is 7.02. The smallest absolute Gasteiger partial charge is 0.0684 e. The highest BCUT2D eigenvalue weighted by molar-refractivity contribution is 7.99. The van der Waals surface area contributed by atoms with Crippen molar-refractivity contribution in [3.8, 4) is 6.07 Å². The molecule has 0 aromatic heterocycles. The Morgan fingerprint density at radius 1 is 1.47 bits per heavy atom. The number of nitriles is 1. The van der Waals surface area contributed by atoms with E-state index in [1.165, 1.54) is 17.9 Å². The summed E-state index contributed by atoms with van der Waals surface area (Å²) in [6.45, 7) is 9.34. The molecule has 0 heterocycles. The minimum Gasteiger partial charge on any atom is -0.314 e. The van der Waals surface area contributed by atoms with Crippen molar-refractivity contribution in [1.82, 2.24) is 5.32 Å². The molecule has 0 spiro atoms. The van der Waals surface area contributed by atoms with Gasteiger partial charge < -0.3 is 5.32 Å². The first-order valence-corrected chi connectivity index (χ1v) is 6.89. The van der Waals surface area contributed by atoms with Gasteiger partial charge >= 0.3 is 0 Å². The standard InChI is InChI=1S/C12H24N2S/c1-5-15-9-6-11(2)14-8-7-12(3,4)10-13/h11,14H,5-9H2,1-4H3. The van der Waals surface area contributed by atoms with Crippen LogP contribution in [-0.2, 0) is 0 Å². The van der Waals surface area contributed by atoms with Gasteiger partial charge in [0.15, 0.2) is 0 Å². The van der Waals surface area contributed by atoms with Crippen molar-refractivity contribution in [1.29, 1.82) is 5.26 Å². The Kier molecular flexibility index (Phi) is 7.90. The van der Waals surface area contributed by atoms with Gasteiger partial charge in [0.25, 0.3) is 0 Å². The van der Waals surface area contributed by atoms with E-state index in [0.29, 0.717) is 6.04 Å². The third-order valence-electron chi connectivity index (χ3n) is 2.44. The summed E-state index contributed by atoms with van der Waals surface area (Å²) in [4.78, 5) is 0. The molecule has 0 saturated carbocycles. The van der Waals surface area contributed by atoms with E-state index in [9.17, 15) is 0 Å². The fraction of sp³-hybridized carbons (Fsp3) is 0.917. The quantitative estimate of drug-likeness (QED) is 0.649. The zero-order valence-corrected chi connectivity index (χ0v) is 11.3. The molecule has 2 nitrogen and oxygen atoms in total. The summed E-state index contributed by atoms with van der Waals surface area (Å²) in [5.74, 6) is 2.43. The predicted molar refractivity (Wildman–Crippen MR) is 69.1 cm³/mol. The van der Waals surface area contributed by atoms with Gasteiger partial charge in [0, 0.05) is 6.04 Å². The molecule has 0 aliphatic rings. The van der Waals surface area contributed by atoms with Crippen molar-refractivity contribution in [2.45, 2.75) is 46.6 Å². The molecule has 0 radical (unpaired) electrons. The van der Waals surface area contributed by atoms with E-state index in [1.54, 1.807) is 0 Å². The van der Waals surface area contributed by atoms with Gasteiger partial charge in [0.1, 0.15) is 0 Å². The van der Waals surface area contributed by atoms with Crippen molar-refractivity contribution in [2.75, 3.05) is 18.1 Å². The first kappa shape index (κ1) is 14.8. The van der Waals surface area contributed by atoms with Crippen LogP contribution in [0.25, 0.3) is 0 Å². The highest BCUT2D eigenvalue weighted by Crippen LogP contribution is 2.17. The largest absolute Gasteiger partial charge is 0.314 e. The molecule has 0 aliphatic carbocycles. The fourth-order valence-electron chi connectivity index (χ4n) is 1.19. The van der Waals surface area contributed by atoms with Gasteiger partial charge in [-0.3, -0.25) is 0 Å². The third kappa shape index (κ3) is 8.77. The minimum atomic E-state index is -0.190. The van der Waals surface area contributed by atoms with Crippen molar-refractivity contribution in [2.24, 2.45) is 5.41 Å². The molecule has 1 unspecified atom stereocenters. The van der Waals surface area contributed by atoms with Crippen LogP contribution in [0.5, 0.6) is 0 Å². The molecule has 1 atom stereocenters. The van der Waals surface area contributed by atoms with Gasteiger partial charge in [-0.15, -0.1) is 0 Å². The van der Waals surface area contributed by atoms with Gasteiger partial charge in [-0.25, -0.2) is 0 Å². The van der Waals surface area contributed by atoms with Crippen LogP contribution in [-0.4, -0.2) is 24.1 Å². The summed E-state index contributed by atoms with van der Waals surface area (Å²) in [7, 11) is 0. The summed E-state index contributed by atoms with van der Waals surface area (Å²) in [5, 5.41) is 12.3. The van der Waals surface area contributed by atoms with Gasteiger partial charge in [0.2, 0.25) is 0 Å². The van der Waals surface area contributed by atoms with E-state index < -0.39 is 0 Å². The molecular formula is C12H24N2S. The number of hydrogen-bond acceptors (Lipinski definition) is 3. The number of nitrogens with zero attached hydrogens (tertiary/aromatic N) is 1. The number of nitrogens with one attached hydrogen (secondary N) is 1. The highest BCUT2D eigenvalue weighted by atomic mass is 32.2. The molecule has 3 heteroatoms. The summed E-state index contributed by atoms with van der Waals surface area (Å²) in [5.41, 5.74) is -0.190. The monoisotopic (exact) mass is 228 g/mol. The second kappa shape index (κ2) is 8.01. The molecule has 88 valence electrons. The maximum Gasteiger partial charge on any atom is 0.0684 e. The van der Waals surface area contributed by atoms with Crippen molar-refractivity contribution < 1.29 is 0 Å². The summed E-state index contributed by atoms with van der Waals surface area (Å²) in [6.07, 6.45) is 2.14. The molecule has 0 saturated heterocycles. The lowest BCUT2D eigenvalue weighted by Gasteiger charge is -2.18. The van der Waals surface area contributed by atoms with Crippen LogP contribution in [0.1, 0.15) is 40.5 Å². The Balaban J connectivity index is 3.47. The van der Waals surface area contributed by atoms with Crippen LogP contribution in [0.3, 0.4) is 0 Å². The maximum absolute atomic E-state index is 8.85. The molecule has 0 rings (SSSR count). The maximum atomic E-state index is 8.85. The molecule has 15 heavy (non-hydrogen) atoms. The Morgan fingerprint density at radius 2 is 2.13 bits per heavy atom. The topological polar surface area (TPSA) is 35.8 Å². The van der Waals surface area contributed by atoms with Crippen molar-refractivity contribution in [3.05, 3.63) is 0 Å². The molecule has 0 bridgehead atoms. The Hall–Kier alpha value is -0.200.